The summed E-state index contributed by atoms with van der Waals surface area (Å²) in [5.74, 6) is -0.411. The van der Waals surface area contributed by atoms with Gasteiger partial charge in [-0.25, -0.2) is 14.8 Å². The monoisotopic (exact) mass is 457 g/mol. The molecule has 0 fully saturated rings. The van der Waals surface area contributed by atoms with Crippen LogP contribution in [-0.2, 0) is 0 Å². The van der Waals surface area contributed by atoms with Gasteiger partial charge < -0.3 is 19.2 Å². The first kappa shape index (κ1) is 22.4. The highest BCUT2D eigenvalue weighted by Crippen LogP contribution is 2.30. The van der Waals surface area contributed by atoms with Crippen LogP contribution in [0.2, 0.25) is 0 Å². The van der Waals surface area contributed by atoms with Crippen molar-refractivity contribution in [3.63, 3.8) is 0 Å². The molecular formula is C19H19N7O5S. The minimum atomic E-state index is -0.861. The molecule has 3 aromatic rings. The second-order valence-electron chi connectivity index (χ2n) is 6.06. The number of aromatic nitrogens is 3. The third-order valence-electron chi connectivity index (χ3n) is 3.90. The highest BCUT2D eigenvalue weighted by Gasteiger charge is 2.21. The Morgan fingerprint density at radius 3 is 2.75 bits per heavy atom. The molecule has 0 aliphatic carbocycles. The molecule has 166 valence electrons. The number of nitrogens with one attached hydrogen (secondary N) is 2. The lowest BCUT2D eigenvalue weighted by molar-refractivity contribution is 0.0991. The summed E-state index contributed by atoms with van der Waals surface area (Å²) in [6, 6.07) is 4.67. The SMILES string of the molecule is C=NN(C(=C)C)c1nnc(NC(=O)c2cc(Nc3ncccc3OC)c(OC)c(=O)o2)s1. The molecule has 0 radical (unpaired) electrons. The molecule has 3 heterocycles. The van der Waals surface area contributed by atoms with Crippen molar-refractivity contribution < 1.29 is 18.7 Å². The molecular weight excluding hydrogens is 438 g/mol. The van der Waals surface area contributed by atoms with E-state index in [2.05, 4.69) is 44.2 Å². The Bertz CT molecular complexity index is 1220. The molecule has 32 heavy (non-hydrogen) atoms. The molecule has 2 N–H and O–H groups in total. The highest BCUT2D eigenvalue weighted by molar-refractivity contribution is 7.19. The zero-order chi connectivity index (χ0) is 23.3. The number of nitrogens with zero attached hydrogens (tertiary/aromatic N) is 5. The van der Waals surface area contributed by atoms with Crippen molar-refractivity contribution in [2.45, 2.75) is 6.92 Å². The molecule has 3 aromatic heterocycles. The zero-order valence-corrected chi connectivity index (χ0v) is 18.2. The lowest BCUT2D eigenvalue weighted by atomic mass is 10.3. The standard InChI is InChI=1S/C19H19N7O5S/c1-10(2)26(20-3)19-25-24-18(32-19)23-16(27)13-9-11(14(30-5)17(28)31-13)22-15-12(29-4)7-6-8-21-15/h6-9H,1,3H2,2,4-5H3,(H,21,22)(H,23,24,27). The van der Waals surface area contributed by atoms with E-state index in [1.807, 2.05) is 0 Å². The Kier molecular flexibility index (Phi) is 6.80. The molecule has 0 bridgehead atoms. The van der Waals surface area contributed by atoms with E-state index in [0.29, 0.717) is 22.4 Å². The lowest BCUT2D eigenvalue weighted by Crippen LogP contribution is -2.17. The van der Waals surface area contributed by atoms with Gasteiger partial charge in [0.2, 0.25) is 16.0 Å². The van der Waals surface area contributed by atoms with Crippen molar-refractivity contribution in [2.75, 3.05) is 29.9 Å². The number of anilines is 4. The van der Waals surface area contributed by atoms with Gasteiger partial charge in [0, 0.05) is 24.7 Å². The Hall–Kier alpha value is -4.26. The summed E-state index contributed by atoms with van der Waals surface area (Å²) in [4.78, 5) is 29.2. The maximum Gasteiger partial charge on any atom is 0.381 e. The maximum absolute atomic E-state index is 12.7. The number of ether oxygens (including phenoxy) is 2. The molecule has 0 aliphatic heterocycles. The molecule has 0 aromatic carbocycles. The minimum Gasteiger partial charge on any atom is -0.493 e. The first-order valence-corrected chi connectivity index (χ1v) is 9.74. The molecule has 0 atom stereocenters. The van der Waals surface area contributed by atoms with E-state index in [1.54, 1.807) is 19.1 Å². The van der Waals surface area contributed by atoms with Gasteiger partial charge in [0.25, 0.3) is 5.91 Å². The minimum absolute atomic E-state index is 0.137. The highest BCUT2D eigenvalue weighted by atomic mass is 32.1. The largest absolute Gasteiger partial charge is 0.493 e. The number of hydrazone groups is 1. The Labute approximate surface area is 186 Å². The third-order valence-corrected chi connectivity index (χ3v) is 4.71. The van der Waals surface area contributed by atoms with Crippen LogP contribution in [0.1, 0.15) is 17.5 Å². The normalized spacial score (nSPS) is 10.2. The second-order valence-corrected chi connectivity index (χ2v) is 7.01. The second kappa shape index (κ2) is 9.70. The van der Waals surface area contributed by atoms with E-state index in [9.17, 15) is 9.59 Å². The number of hydrogen-bond acceptors (Lipinski definition) is 12. The van der Waals surface area contributed by atoms with Crippen molar-refractivity contribution in [1.82, 2.24) is 15.2 Å². The average Bonchev–Trinajstić information content (AvgIpc) is 3.22. The van der Waals surface area contributed by atoms with Gasteiger partial charge in [-0.15, -0.1) is 10.2 Å². The molecule has 0 saturated heterocycles. The van der Waals surface area contributed by atoms with Crippen LogP contribution >= 0.6 is 11.3 Å². The van der Waals surface area contributed by atoms with E-state index in [-0.39, 0.29) is 22.3 Å². The van der Waals surface area contributed by atoms with E-state index >= 15 is 0 Å². The number of allylic oxidation sites excluding steroid dienone is 1. The van der Waals surface area contributed by atoms with Crippen molar-refractivity contribution in [1.29, 1.82) is 0 Å². The Morgan fingerprint density at radius 2 is 2.09 bits per heavy atom. The molecule has 12 nitrogen and oxygen atoms in total. The summed E-state index contributed by atoms with van der Waals surface area (Å²) in [6.07, 6.45) is 1.54. The van der Waals surface area contributed by atoms with Crippen LogP contribution in [0.3, 0.4) is 0 Å². The first-order chi connectivity index (χ1) is 15.4. The fourth-order valence-electron chi connectivity index (χ4n) is 2.51. The van der Waals surface area contributed by atoms with E-state index in [1.165, 1.54) is 31.5 Å². The summed E-state index contributed by atoms with van der Waals surface area (Å²) in [7, 11) is 2.78. The van der Waals surface area contributed by atoms with Gasteiger partial charge in [-0.1, -0.05) is 17.9 Å². The maximum atomic E-state index is 12.7. The van der Waals surface area contributed by atoms with Gasteiger partial charge >= 0.3 is 5.63 Å². The Morgan fingerprint density at radius 1 is 1.31 bits per heavy atom. The van der Waals surface area contributed by atoms with Crippen LogP contribution < -0.4 is 30.7 Å². The van der Waals surface area contributed by atoms with E-state index < -0.39 is 11.5 Å². The number of rotatable bonds is 9. The fourth-order valence-corrected chi connectivity index (χ4v) is 3.29. The van der Waals surface area contributed by atoms with Crippen LogP contribution in [0.4, 0.5) is 21.8 Å². The quantitative estimate of drug-likeness (QED) is 0.363. The first-order valence-electron chi connectivity index (χ1n) is 8.93. The fraction of sp³-hybridized carbons (Fsp3) is 0.158. The van der Waals surface area contributed by atoms with Gasteiger partial charge in [-0.2, -0.15) is 5.10 Å². The van der Waals surface area contributed by atoms with Crippen molar-refractivity contribution in [3.05, 3.63) is 52.9 Å². The van der Waals surface area contributed by atoms with Gasteiger partial charge in [-0.05, 0) is 19.1 Å². The summed E-state index contributed by atoms with van der Waals surface area (Å²) < 4.78 is 15.5. The Balaban J connectivity index is 1.89. The van der Waals surface area contributed by atoms with Gasteiger partial charge in [0.05, 0.1) is 19.9 Å². The van der Waals surface area contributed by atoms with Crippen LogP contribution in [0.15, 0.2) is 51.0 Å². The third kappa shape index (κ3) is 4.73. The smallest absolute Gasteiger partial charge is 0.381 e. The van der Waals surface area contributed by atoms with Crippen LogP contribution in [0.25, 0.3) is 0 Å². The molecule has 0 unspecified atom stereocenters. The topological polar surface area (TPSA) is 144 Å². The summed E-state index contributed by atoms with van der Waals surface area (Å²) >= 11 is 1.03. The van der Waals surface area contributed by atoms with Gasteiger partial charge in [0.15, 0.2) is 17.3 Å². The van der Waals surface area contributed by atoms with Crippen molar-refractivity contribution in [2.24, 2.45) is 5.10 Å². The molecule has 0 spiro atoms. The summed E-state index contributed by atoms with van der Waals surface area (Å²) in [5, 5.41) is 18.9. The average molecular weight is 457 g/mol. The number of carbonyl (C=O) groups excluding carboxylic acids is 1. The number of hydrogen-bond donors (Lipinski definition) is 2. The number of pyridine rings is 1. The molecule has 0 aliphatic rings. The number of carbonyl (C=O) groups is 1. The van der Waals surface area contributed by atoms with E-state index in [0.717, 1.165) is 11.3 Å². The molecule has 0 saturated carbocycles. The molecule has 1 amide bonds. The van der Waals surface area contributed by atoms with Gasteiger partial charge in [0.1, 0.15) is 0 Å². The number of amides is 1. The van der Waals surface area contributed by atoms with Gasteiger partial charge in [-0.3, -0.25) is 10.1 Å². The lowest BCUT2D eigenvalue weighted by Gasteiger charge is -2.13. The van der Waals surface area contributed by atoms with Crippen LogP contribution in [-0.4, -0.2) is 42.0 Å². The van der Waals surface area contributed by atoms with Crippen molar-refractivity contribution >= 4 is 45.7 Å². The van der Waals surface area contributed by atoms with E-state index in [4.69, 9.17) is 13.9 Å². The summed E-state index contributed by atoms with van der Waals surface area (Å²) in [6.45, 7) is 8.92. The predicted molar refractivity (Wildman–Crippen MR) is 120 cm³/mol. The molecule has 3 rings (SSSR count). The zero-order valence-electron chi connectivity index (χ0n) is 17.4. The molecule has 13 heteroatoms. The van der Waals surface area contributed by atoms with Crippen LogP contribution in [0.5, 0.6) is 11.5 Å². The summed E-state index contributed by atoms with van der Waals surface area (Å²) in [5.41, 5.74) is -0.135. The number of methoxy groups -OCH3 is 2. The predicted octanol–water partition coefficient (Wildman–Crippen LogP) is 2.86. The van der Waals surface area contributed by atoms with Crippen molar-refractivity contribution in [3.8, 4) is 11.5 Å². The van der Waals surface area contributed by atoms with Crippen LogP contribution in [0, 0.1) is 0 Å².